The normalized spacial score (nSPS) is 11.5. The van der Waals surface area contributed by atoms with Crippen molar-refractivity contribution < 1.29 is 17.9 Å². The highest BCUT2D eigenvalue weighted by Crippen LogP contribution is 2.25. The molecule has 1 heterocycles. The number of alkyl halides is 3. The van der Waals surface area contributed by atoms with Gasteiger partial charge in [-0.2, -0.15) is 10.2 Å². The van der Waals surface area contributed by atoms with Crippen LogP contribution in [0.4, 0.5) is 18.9 Å². The zero-order valence-corrected chi connectivity index (χ0v) is 20.2. The van der Waals surface area contributed by atoms with Crippen molar-refractivity contribution in [3.8, 4) is 22.6 Å². The molecule has 36 heavy (non-hydrogen) atoms. The summed E-state index contributed by atoms with van der Waals surface area (Å²) in [5.74, 6) is -0.285. The van der Waals surface area contributed by atoms with Gasteiger partial charge < -0.3 is 10.1 Å². The third kappa shape index (κ3) is 6.48. The standard InChI is InChI=1S/C26H22F3N5OS/c1-17-4-3-5-18(2)24(17)32-25(36)33-30-14-19-6-8-20(9-7-19)21-15-31-34(16-21)22-10-12-23(13-11-22)35-26(27,28)29/h3-16H,1-2H3,(H2,32,33,36)/b30-14+. The van der Waals surface area contributed by atoms with Crippen LogP contribution in [0.5, 0.6) is 5.75 Å². The van der Waals surface area contributed by atoms with E-state index in [2.05, 4.69) is 25.7 Å². The van der Waals surface area contributed by atoms with Gasteiger partial charge in [0.2, 0.25) is 0 Å². The third-order valence-corrected chi connectivity index (χ3v) is 5.45. The van der Waals surface area contributed by atoms with Crippen molar-refractivity contribution in [1.82, 2.24) is 15.2 Å². The first-order chi connectivity index (χ1) is 17.2. The Morgan fingerprint density at radius 3 is 2.28 bits per heavy atom. The highest BCUT2D eigenvalue weighted by Gasteiger charge is 2.31. The molecule has 4 aromatic rings. The van der Waals surface area contributed by atoms with Crippen LogP contribution in [0.15, 0.2) is 84.2 Å². The van der Waals surface area contributed by atoms with E-state index >= 15 is 0 Å². The lowest BCUT2D eigenvalue weighted by molar-refractivity contribution is -0.274. The van der Waals surface area contributed by atoms with Crippen molar-refractivity contribution in [1.29, 1.82) is 0 Å². The largest absolute Gasteiger partial charge is 0.573 e. The third-order valence-electron chi connectivity index (χ3n) is 5.26. The summed E-state index contributed by atoms with van der Waals surface area (Å²) in [6, 6.07) is 19.2. The summed E-state index contributed by atoms with van der Waals surface area (Å²) in [4.78, 5) is 0. The van der Waals surface area contributed by atoms with Gasteiger partial charge in [0.15, 0.2) is 5.11 Å². The minimum Gasteiger partial charge on any atom is -0.406 e. The predicted molar refractivity (Wildman–Crippen MR) is 139 cm³/mol. The summed E-state index contributed by atoms with van der Waals surface area (Å²) < 4.78 is 42.5. The smallest absolute Gasteiger partial charge is 0.406 e. The molecule has 2 N–H and O–H groups in total. The van der Waals surface area contributed by atoms with Crippen LogP contribution in [0.3, 0.4) is 0 Å². The number of hydrogen-bond donors (Lipinski definition) is 2. The Kier molecular flexibility index (Phi) is 7.35. The van der Waals surface area contributed by atoms with E-state index in [1.165, 1.54) is 24.3 Å². The number of halogens is 3. The number of nitrogens with zero attached hydrogens (tertiary/aromatic N) is 3. The van der Waals surface area contributed by atoms with Crippen molar-refractivity contribution in [3.05, 3.63) is 95.8 Å². The molecular weight excluding hydrogens is 487 g/mol. The van der Waals surface area contributed by atoms with Gasteiger partial charge in [0.25, 0.3) is 0 Å². The van der Waals surface area contributed by atoms with E-state index in [1.807, 2.05) is 56.3 Å². The predicted octanol–water partition coefficient (Wildman–Crippen LogP) is 6.38. The highest BCUT2D eigenvalue weighted by molar-refractivity contribution is 7.80. The van der Waals surface area contributed by atoms with Crippen molar-refractivity contribution in [3.63, 3.8) is 0 Å². The van der Waals surface area contributed by atoms with Crippen LogP contribution in [-0.2, 0) is 0 Å². The van der Waals surface area contributed by atoms with Crippen molar-refractivity contribution in [2.75, 3.05) is 5.32 Å². The minimum atomic E-state index is -4.73. The van der Waals surface area contributed by atoms with Gasteiger partial charge in [-0.25, -0.2) is 4.68 Å². The molecule has 1 aromatic heterocycles. The maximum absolute atomic E-state index is 12.3. The van der Waals surface area contributed by atoms with Crippen molar-refractivity contribution >= 4 is 29.2 Å². The Bertz CT molecular complexity index is 1360. The average Bonchev–Trinajstić information content (AvgIpc) is 3.32. The number of para-hydroxylation sites is 1. The molecule has 3 aromatic carbocycles. The Hall–Kier alpha value is -4.18. The van der Waals surface area contributed by atoms with Gasteiger partial charge in [-0.05, 0) is 72.6 Å². The number of hydrogen-bond acceptors (Lipinski definition) is 4. The lowest BCUT2D eigenvalue weighted by Crippen LogP contribution is -2.24. The summed E-state index contributed by atoms with van der Waals surface area (Å²) in [5, 5.41) is 12.1. The summed E-state index contributed by atoms with van der Waals surface area (Å²) in [6.07, 6.45) is 0.414. The van der Waals surface area contributed by atoms with Gasteiger partial charge in [0.1, 0.15) is 5.75 Å². The zero-order valence-electron chi connectivity index (χ0n) is 19.4. The van der Waals surface area contributed by atoms with E-state index in [4.69, 9.17) is 12.2 Å². The summed E-state index contributed by atoms with van der Waals surface area (Å²) in [5.41, 5.74) is 9.22. The lowest BCUT2D eigenvalue weighted by Gasteiger charge is -2.12. The van der Waals surface area contributed by atoms with E-state index in [1.54, 1.807) is 23.3 Å². The fourth-order valence-electron chi connectivity index (χ4n) is 3.49. The van der Waals surface area contributed by atoms with Crippen LogP contribution in [0.2, 0.25) is 0 Å². The maximum atomic E-state index is 12.3. The molecule has 0 saturated carbocycles. The molecule has 0 spiro atoms. The number of rotatable bonds is 6. The molecule has 0 unspecified atom stereocenters. The first-order valence-corrected chi connectivity index (χ1v) is 11.3. The topological polar surface area (TPSA) is 63.5 Å². The Labute approximate surface area is 211 Å². The summed E-state index contributed by atoms with van der Waals surface area (Å²) in [7, 11) is 0. The van der Waals surface area contributed by atoms with Crippen molar-refractivity contribution in [2.24, 2.45) is 5.10 Å². The second-order valence-corrected chi connectivity index (χ2v) is 8.34. The molecule has 0 radical (unpaired) electrons. The van der Waals surface area contributed by atoms with Crippen LogP contribution < -0.4 is 15.5 Å². The molecule has 0 amide bonds. The van der Waals surface area contributed by atoms with E-state index in [0.717, 1.165) is 33.5 Å². The Morgan fingerprint density at radius 2 is 1.64 bits per heavy atom. The fraction of sp³-hybridized carbons (Fsp3) is 0.115. The molecule has 10 heteroatoms. The average molecular weight is 510 g/mol. The van der Waals surface area contributed by atoms with Gasteiger partial charge in [0.05, 0.1) is 18.1 Å². The number of thiocarbonyl (C=S) groups is 1. The molecule has 0 bridgehead atoms. The molecule has 4 rings (SSSR count). The summed E-state index contributed by atoms with van der Waals surface area (Å²) in [6.45, 7) is 4.02. The first kappa shape index (κ1) is 24.9. The Morgan fingerprint density at radius 1 is 0.972 bits per heavy atom. The number of hydrazone groups is 1. The monoisotopic (exact) mass is 509 g/mol. The van der Waals surface area contributed by atoms with Gasteiger partial charge >= 0.3 is 6.36 Å². The fourth-order valence-corrected chi connectivity index (χ4v) is 3.65. The zero-order chi connectivity index (χ0) is 25.7. The SMILES string of the molecule is Cc1cccc(C)c1NC(=S)N/N=C/c1ccc(-c2cnn(-c3ccc(OC(F)(F)F)cc3)c2)cc1. The van der Waals surface area contributed by atoms with Crippen molar-refractivity contribution in [2.45, 2.75) is 20.2 Å². The minimum absolute atomic E-state index is 0.285. The molecule has 6 nitrogen and oxygen atoms in total. The molecule has 0 aliphatic heterocycles. The molecule has 0 aliphatic carbocycles. The van der Waals surface area contributed by atoms with Crippen LogP contribution >= 0.6 is 12.2 Å². The number of benzene rings is 3. The molecule has 0 saturated heterocycles. The number of ether oxygens (including phenoxy) is 1. The van der Waals surface area contributed by atoms with Gasteiger partial charge in [-0.3, -0.25) is 5.43 Å². The maximum Gasteiger partial charge on any atom is 0.573 e. The molecule has 0 aliphatic rings. The number of anilines is 1. The molecular formula is C26H22F3N5OS. The van der Waals surface area contributed by atoms with Crippen LogP contribution in [-0.4, -0.2) is 27.5 Å². The van der Waals surface area contributed by atoms with Crippen LogP contribution in [0, 0.1) is 13.8 Å². The number of aromatic nitrogens is 2. The second kappa shape index (κ2) is 10.6. The Balaban J connectivity index is 1.36. The quantitative estimate of drug-likeness (QED) is 0.180. The lowest BCUT2D eigenvalue weighted by atomic mass is 10.1. The number of nitrogens with one attached hydrogen (secondary N) is 2. The first-order valence-electron chi connectivity index (χ1n) is 10.9. The van der Waals surface area contributed by atoms with Crippen LogP contribution in [0.25, 0.3) is 16.8 Å². The van der Waals surface area contributed by atoms with E-state index in [9.17, 15) is 13.2 Å². The van der Waals surface area contributed by atoms with Gasteiger partial charge in [-0.1, -0.05) is 42.5 Å². The van der Waals surface area contributed by atoms with E-state index < -0.39 is 6.36 Å². The van der Waals surface area contributed by atoms with Crippen LogP contribution in [0.1, 0.15) is 16.7 Å². The second-order valence-electron chi connectivity index (χ2n) is 7.93. The van der Waals surface area contributed by atoms with E-state index in [0.29, 0.717) is 10.8 Å². The number of aryl methyl sites for hydroxylation is 2. The molecule has 0 fully saturated rings. The summed E-state index contributed by atoms with van der Waals surface area (Å²) >= 11 is 5.33. The van der Waals surface area contributed by atoms with E-state index in [-0.39, 0.29) is 5.75 Å². The highest BCUT2D eigenvalue weighted by atomic mass is 32.1. The molecule has 184 valence electrons. The molecule has 0 atom stereocenters. The van der Waals surface area contributed by atoms with Gasteiger partial charge in [-0.15, -0.1) is 13.2 Å². The van der Waals surface area contributed by atoms with Gasteiger partial charge in [0, 0.05) is 17.4 Å².